The number of nitrogens with one attached hydrogen (secondary N) is 2. The summed E-state index contributed by atoms with van der Waals surface area (Å²) in [7, 11) is 2.17. The molecule has 38 heavy (non-hydrogen) atoms. The van der Waals surface area contributed by atoms with Gasteiger partial charge in [0.15, 0.2) is 0 Å². The van der Waals surface area contributed by atoms with Gasteiger partial charge >= 0.3 is 11.8 Å². The standard InChI is InChI=1S/C28H34N8O2/c1-17-4-7-25(35(14-17)28(38)27(37)31-23-13-29-11-21-12-30-32-26(21)23)19-5-6-20-16-36(33-22(20)10-19)24-8-9-34(3)15-18(24)2/h5-6,10-13,16-18,24-25H,4,7-9,14-15H2,1-3H3,(H,30,32)(H,31,37)/t17-,18+,24?,25+/m0/s1. The summed E-state index contributed by atoms with van der Waals surface area (Å²) < 4.78 is 2.13. The third-order valence-corrected chi connectivity index (χ3v) is 8.21. The Labute approximate surface area is 221 Å². The number of H-pyrrole nitrogens is 1. The minimum atomic E-state index is -0.672. The van der Waals surface area contributed by atoms with Gasteiger partial charge in [-0.2, -0.15) is 10.2 Å². The molecule has 6 rings (SSSR count). The molecule has 2 aliphatic heterocycles. The van der Waals surface area contributed by atoms with Crippen molar-refractivity contribution in [1.82, 2.24) is 34.8 Å². The quantitative estimate of drug-likeness (QED) is 0.403. The van der Waals surface area contributed by atoms with E-state index in [1.54, 1.807) is 17.3 Å². The fraction of sp³-hybridized carbons (Fsp3) is 0.464. The number of nitrogens with zero attached hydrogens (tertiary/aromatic N) is 6. The molecule has 2 saturated heterocycles. The summed E-state index contributed by atoms with van der Waals surface area (Å²) in [6, 6.07) is 6.48. The van der Waals surface area contributed by atoms with Crippen molar-refractivity contribution in [3.63, 3.8) is 0 Å². The molecule has 2 aliphatic rings. The van der Waals surface area contributed by atoms with Crippen LogP contribution in [0.2, 0.25) is 0 Å². The average Bonchev–Trinajstić information content (AvgIpc) is 3.55. The SMILES string of the molecule is C[C@H]1CC[C@H](c2ccc3cn(C4CCN(C)C[C@H]4C)nc3c2)N(C(=O)C(=O)Nc2cncc3cn[nH]c23)C1. The zero-order chi connectivity index (χ0) is 26.4. The van der Waals surface area contributed by atoms with Crippen LogP contribution in [-0.4, -0.2) is 73.3 Å². The van der Waals surface area contributed by atoms with E-state index in [1.165, 1.54) is 6.20 Å². The number of hydrogen-bond donors (Lipinski definition) is 2. The van der Waals surface area contributed by atoms with Gasteiger partial charge in [0, 0.05) is 36.3 Å². The smallest absolute Gasteiger partial charge is 0.314 e. The number of amides is 2. The van der Waals surface area contributed by atoms with E-state index in [0.717, 1.165) is 54.2 Å². The number of rotatable bonds is 3. The van der Waals surface area contributed by atoms with Crippen molar-refractivity contribution in [3.05, 3.63) is 48.5 Å². The molecule has 2 amide bonds. The van der Waals surface area contributed by atoms with Crippen LogP contribution < -0.4 is 5.32 Å². The van der Waals surface area contributed by atoms with Gasteiger partial charge in [0.25, 0.3) is 0 Å². The van der Waals surface area contributed by atoms with Gasteiger partial charge in [0.1, 0.15) is 0 Å². The Hall–Kier alpha value is -3.79. The van der Waals surface area contributed by atoms with Gasteiger partial charge < -0.3 is 15.1 Å². The average molecular weight is 515 g/mol. The number of carbonyl (C=O) groups is 2. The van der Waals surface area contributed by atoms with E-state index in [9.17, 15) is 9.59 Å². The first-order chi connectivity index (χ1) is 18.4. The van der Waals surface area contributed by atoms with Crippen LogP contribution in [0.1, 0.15) is 50.8 Å². The fourth-order valence-corrected chi connectivity index (χ4v) is 6.15. The molecule has 1 unspecified atom stereocenters. The number of carbonyl (C=O) groups excluding carboxylic acids is 2. The normalized spacial score (nSPS) is 24.7. The lowest BCUT2D eigenvalue weighted by atomic mass is 9.89. The number of pyridine rings is 1. The molecule has 2 N–H and O–H groups in total. The van der Waals surface area contributed by atoms with E-state index in [4.69, 9.17) is 5.10 Å². The highest BCUT2D eigenvalue weighted by atomic mass is 16.2. The van der Waals surface area contributed by atoms with Gasteiger partial charge in [-0.3, -0.25) is 24.4 Å². The zero-order valence-electron chi connectivity index (χ0n) is 22.1. The van der Waals surface area contributed by atoms with Crippen LogP contribution >= 0.6 is 0 Å². The lowest BCUT2D eigenvalue weighted by Crippen LogP contribution is -2.46. The molecule has 4 aromatic rings. The molecule has 0 aliphatic carbocycles. The first kappa shape index (κ1) is 24.5. The van der Waals surface area contributed by atoms with E-state index in [0.29, 0.717) is 35.6 Å². The maximum absolute atomic E-state index is 13.5. The van der Waals surface area contributed by atoms with Crippen LogP contribution in [-0.2, 0) is 9.59 Å². The summed E-state index contributed by atoms with van der Waals surface area (Å²) >= 11 is 0. The monoisotopic (exact) mass is 514 g/mol. The van der Waals surface area contributed by atoms with Crippen molar-refractivity contribution in [3.8, 4) is 0 Å². The Morgan fingerprint density at radius 1 is 1.05 bits per heavy atom. The molecule has 4 atom stereocenters. The molecular weight excluding hydrogens is 480 g/mol. The molecule has 2 fully saturated rings. The summed E-state index contributed by atoms with van der Waals surface area (Å²) in [6.45, 7) is 7.08. The van der Waals surface area contributed by atoms with Crippen molar-refractivity contribution < 1.29 is 9.59 Å². The topological polar surface area (TPSA) is 112 Å². The predicted molar refractivity (Wildman–Crippen MR) is 145 cm³/mol. The molecule has 1 aromatic carbocycles. The maximum Gasteiger partial charge on any atom is 0.314 e. The Morgan fingerprint density at radius 3 is 2.76 bits per heavy atom. The second-order valence-electron chi connectivity index (χ2n) is 11.2. The molecule has 5 heterocycles. The number of benzene rings is 1. The predicted octanol–water partition coefficient (Wildman–Crippen LogP) is 3.76. The molecule has 10 nitrogen and oxygen atoms in total. The Balaban J connectivity index is 1.25. The van der Waals surface area contributed by atoms with E-state index in [1.807, 2.05) is 0 Å². The van der Waals surface area contributed by atoms with Crippen molar-refractivity contribution in [1.29, 1.82) is 0 Å². The maximum atomic E-state index is 13.5. The Bertz CT molecular complexity index is 1490. The van der Waals surface area contributed by atoms with Crippen molar-refractivity contribution in [2.24, 2.45) is 11.8 Å². The summed E-state index contributed by atoms with van der Waals surface area (Å²) in [5.41, 5.74) is 3.03. The number of aromatic amines is 1. The molecule has 10 heteroatoms. The second-order valence-corrected chi connectivity index (χ2v) is 11.2. The largest absolute Gasteiger partial charge is 0.327 e. The summed E-state index contributed by atoms with van der Waals surface area (Å²) in [6.07, 6.45) is 9.84. The second kappa shape index (κ2) is 9.83. The number of anilines is 1. The highest BCUT2D eigenvalue weighted by Crippen LogP contribution is 2.35. The van der Waals surface area contributed by atoms with Crippen molar-refractivity contribution >= 4 is 39.3 Å². The minimum absolute atomic E-state index is 0.178. The highest BCUT2D eigenvalue weighted by molar-refractivity contribution is 6.40. The van der Waals surface area contributed by atoms with Gasteiger partial charge in [0.2, 0.25) is 0 Å². The van der Waals surface area contributed by atoms with Crippen LogP contribution in [0.4, 0.5) is 5.69 Å². The third-order valence-electron chi connectivity index (χ3n) is 8.21. The molecule has 0 spiro atoms. The molecule has 3 aromatic heterocycles. The van der Waals surface area contributed by atoms with Gasteiger partial charge in [-0.15, -0.1) is 0 Å². The molecule has 0 bridgehead atoms. The summed E-state index contributed by atoms with van der Waals surface area (Å²) in [5.74, 6) is -0.371. The van der Waals surface area contributed by atoms with E-state index < -0.39 is 11.8 Å². The summed E-state index contributed by atoms with van der Waals surface area (Å²) in [4.78, 5) is 34.9. The van der Waals surface area contributed by atoms with Crippen LogP contribution in [0.25, 0.3) is 21.8 Å². The van der Waals surface area contributed by atoms with Crippen LogP contribution in [0.15, 0.2) is 43.0 Å². The minimum Gasteiger partial charge on any atom is -0.327 e. The van der Waals surface area contributed by atoms with Crippen LogP contribution in [0, 0.1) is 11.8 Å². The van der Waals surface area contributed by atoms with E-state index in [2.05, 4.69) is 75.4 Å². The van der Waals surface area contributed by atoms with Gasteiger partial charge in [-0.05, 0) is 56.3 Å². The zero-order valence-corrected chi connectivity index (χ0v) is 22.1. The first-order valence-electron chi connectivity index (χ1n) is 13.4. The van der Waals surface area contributed by atoms with Gasteiger partial charge in [-0.25, -0.2) is 0 Å². The number of piperidine rings is 2. The Morgan fingerprint density at radius 2 is 1.92 bits per heavy atom. The third kappa shape index (κ3) is 4.53. The molecular formula is C28H34N8O2. The van der Waals surface area contributed by atoms with Crippen LogP contribution in [0.5, 0.6) is 0 Å². The fourth-order valence-electron chi connectivity index (χ4n) is 6.15. The number of fused-ring (bicyclic) bond motifs is 2. The van der Waals surface area contributed by atoms with Gasteiger partial charge in [0.05, 0.1) is 41.2 Å². The number of aromatic nitrogens is 5. The van der Waals surface area contributed by atoms with Crippen molar-refractivity contribution in [2.75, 3.05) is 32.0 Å². The molecule has 198 valence electrons. The van der Waals surface area contributed by atoms with E-state index in [-0.39, 0.29) is 6.04 Å². The number of likely N-dealkylation sites (tertiary alicyclic amines) is 2. The lowest BCUT2D eigenvalue weighted by molar-refractivity contribution is -0.146. The summed E-state index contributed by atoms with van der Waals surface area (Å²) in [5, 5.41) is 16.4. The lowest BCUT2D eigenvalue weighted by Gasteiger charge is -2.38. The molecule has 0 radical (unpaired) electrons. The Kier molecular flexibility index (Phi) is 6.35. The highest BCUT2D eigenvalue weighted by Gasteiger charge is 2.35. The van der Waals surface area contributed by atoms with E-state index >= 15 is 0 Å². The van der Waals surface area contributed by atoms with Crippen molar-refractivity contribution in [2.45, 2.75) is 45.2 Å². The number of hydrogen-bond acceptors (Lipinski definition) is 6. The van der Waals surface area contributed by atoms with Crippen LogP contribution in [0.3, 0.4) is 0 Å². The van der Waals surface area contributed by atoms with Gasteiger partial charge in [-0.1, -0.05) is 26.0 Å². The first-order valence-corrected chi connectivity index (χ1v) is 13.4. The molecule has 0 saturated carbocycles.